The van der Waals surface area contributed by atoms with Crippen molar-refractivity contribution >= 4 is 11.6 Å². The van der Waals surface area contributed by atoms with Crippen molar-refractivity contribution in [3.8, 4) is 0 Å². The second kappa shape index (κ2) is 8.21. The summed E-state index contributed by atoms with van der Waals surface area (Å²) in [5.41, 5.74) is 2.78. The maximum atomic E-state index is 13.5. The molecule has 1 aromatic rings. The van der Waals surface area contributed by atoms with Gasteiger partial charge >= 0.3 is 0 Å². The largest absolute Gasteiger partial charge is 0.392 e. The highest BCUT2D eigenvalue weighted by molar-refractivity contribution is 6.01. The Balaban J connectivity index is 1.45. The molecule has 0 spiro atoms. The number of ether oxygens (including phenoxy) is 1. The summed E-state index contributed by atoms with van der Waals surface area (Å²) in [7, 11) is 0. The molecule has 6 nitrogen and oxygen atoms in total. The van der Waals surface area contributed by atoms with Crippen LogP contribution in [0.2, 0.25) is 0 Å². The number of carbonyl (C=O) groups is 1. The van der Waals surface area contributed by atoms with Crippen molar-refractivity contribution in [2.24, 2.45) is 10.6 Å². The van der Waals surface area contributed by atoms with Gasteiger partial charge in [-0.05, 0) is 38.2 Å². The van der Waals surface area contributed by atoms with Crippen molar-refractivity contribution in [1.82, 2.24) is 4.90 Å². The Morgan fingerprint density at radius 2 is 2.04 bits per heavy atom. The molecule has 3 heterocycles. The topological polar surface area (TPSA) is 71.4 Å². The Hall–Kier alpha value is -1.92. The Morgan fingerprint density at radius 3 is 2.75 bits per heavy atom. The van der Waals surface area contributed by atoms with E-state index in [2.05, 4.69) is 36.3 Å². The van der Waals surface area contributed by atoms with Crippen LogP contribution in [0.15, 0.2) is 29.4 Å². The Morgan fingerprint density at radius 1 is 1.29 bits per heavy atom. The lowest BCUT2D eigenvalue weighted by molar-refractivity contribution is -0.154. The van der Waals surface area contributed by atoms with Crippen molar-refractivity contribution in [1.29, 1.82) is 0 Å². The van der Waals surface area contributed by atoms with E-state index in [-0.39, 0.29) is 12.0 Å². The molecule has 0 aromatic heterocycles. The first kappa shape index (κ1) is 19.4. The predicted octanol–water partition coefficient (Wildman–Crippen LogP) is 2.66. The number of β-amino-alcohol motifs (C(OH)–C–C–N with tert-alkyl or cyclic N) is 1. The molecule has 1 amide bonds. The number of hydrogen-bond acceptors (Lipinski definition) is 5. The molecule has 1 N–H and O–H groups in total. The van der Waals surface area contributed by atoms with Crippen LogP contribution in [-0.4, -0.2) is 60.1 Å². The van der Waals surface area contributed by atoms with E-state index in [4.69, 9.17) is 9.57 Å². The summed E-state index contributed by atoms with van der Waals surface area (Å²) in [5.74, 6) is 0.155. The zero-order valence-corrected chi connectivity index (χ0v) is 16.6. The summed E-state index contributed by atoms with van der Waals surface area (Å²) in [6.07, 6.45) is 3.93. The Labute approximate surface area is 166 Å². The van der Waals surface area contributed by atoms with E-state index < -0.39 is 11.5 Å². The van der Waals surface area contributed by atoms with Gasteiger partial charge in [0.2, 0.25) is 5.91 Å². The van der Waals surface area contributed by atoms with Crippen LogP contribution in [0.5, 0.6) is 0 Å². The van der Waals surface area contributed by atoms with Crippen molar-refractivity contribution in [3.63, 3.8) is 0 Å². The van der Waals surface area contributed by atoms with Crippen LogP contribution in [0.4, 0.5) is 0 Å². The van der Waals surface area contributed by atoms with E-state index in [1.165, 1.54) is 5.56 Å². The number of aliphatic hydroxyl groups excluding tert-OH is 1. The highest BCUT2D eigenvalue weighted by atomic mass is 16.6. The van der Waals surface area contributed by atoms with E-state index in [1.807, 2.05) is 4.90 Å². The third-order valence-corrected chi connectivity index (χ3v) is 6.32. The fourth-order valence-corrected chi connectivity index (χ4v) is 4.63. The van der Waals surface area contributed by atoms with Crippen molar-refractivity contribution in [2.75, 3.05) is 26.3 Å². The van der Waals surface area contributed by atoms with E-state index in [9.17, 15) is 9.90 Å². The molecule has 2 unspecified atom stereocenters. The van der Waals surface area contributed by atoms with Gasteiger partial charge in [0, 0.05) is 39.1 Å². The molecule has 6 heteroatoms. The fourth-order valence-electron chi connectivity index (χ4n) is 4.63. The van der Waals surface area contributed by atoms with Gasteiger partial charge in [0.15, 0.2) is 0 Å². The van der Waals surface area contributed by atoms with Gasteiger partial charge in [0.1, 0.15) is 6.10 Å². The van der Waals surface area contributed by atoms with E-state index in [0.717, 1.165) is 37.1 Å². The molecule has 3 aliphatic rings. The number of aliphatic hydroxyl groups is 1. The lowest BCUT2D eigenvalue weighted by atomic mass is 9.73. The molecular formula is C22H30N2O4. The number of carbonyl (C=O) groups excluding carboxylic acids is 1. The molecule has 152 valence electrons. The summed E-state index contributed by atoms with van der Waals surface area (Å²) < 4.78 is 5.56. The fraction of sp³-hybridized carbons (Fsp3) is 0.636. The highest BCUT2D eigenvalue weighted by Gasteiger charge is 2.46. The average Bonchev–Trinajstić information content (AvgIpc) is 3.17. The van der Waals surface area contributed by atoms with Crippen LogP contribution in [0.1, 0.15) is 49.7 Å². The SMILES string of the molecule is Cc1ccc(C2=NOC(CC3(C(=O)N4CCCC(O)C4)CCOCC3)C2)cc1. The van der Waals surface area contributed by atoms with Gasteiger partial charge in [-0.2, -0.15) is 0 Å². The maximum absolute atomic E-state index is 13.5. The summed E-state index contributed by atoms with van der Waals surface area (Å²) in [4.78, 5) is 21.1. The number of hydrogen-bond donors (Lipinski definition) is 1. The zero-order chi connectivity index (χ0) is 19.6. The Bertz CT molecular complexity index is 725. The van der Waals surface area contributed by atoms with E-state index in [1.54, 1.807) is 0 Å². The summed E-state index contributed by atoms with van der Waals surface area (Å²) in [6, 6.07) is 8.31. The minimum absolute atomic E-state index is 0.0898. The molecular weight excluding hydrogens is 356 g/mol. The number of oxime groups is 1. The molecule has 2 fully saturated rings. The van der Waals surface area contributed by atoms with Crippen molar-refractivity contribution < 1.29 is 19.5 Å². The normalized spacial score (nSPS) is 27.2. The average molecular weight is 386 g/mol. The smallest absolute Gasteiger partial charge is 0.229 e. The van der Waals surface area contributed by atoms with Gasteiger partial charge in [-0.3, -0.25) is 4.79 Å². The summed E-state index contributed by atoms with van der Waals surface area (Å²) in [6.45, 7) is 4.44. The van der Waals surface area contributed by atoms with Gasteiger partial charge in [0.05, 0.1) is 17.2 Å². The van der Waals surface area contributed by atoms with Gasteiger partial charge in [-0.1, -0.05) is 35.0 Å². The van der Waals surface area contributed by atoms with Crippen LogP contribution in [-0.2, 0) is 14.4 Å². The first-order valence-electron chi connectivity index (χ1n) is 10.4. The molecule has 3 aliphatic heterocycles. The number of benzene rings is 1. The number of aryl methyl sites for hydroxylation is 1. The maximum Gasteiger partial charge on any atom is 0.229 e. The number of piperidine rings is 1. The molecule has 0 saturated carbocycles. The predicted molar refractivity (Wildman–Crippen MR) is 106 cm³/mol. The molecule has 4 rings (SSSR count). The monoisotopic (exact) mass is 386 g/mol. The second-order valence-corrected chi connectivity index (χ2v) is 8.48. The van der Waals surface area contributed by atoms with Gasteiger partial charge in [-0.25, -0.2) is 0 Å². The second-order valence-electron chi connectivity index (χ2n) is 8.48. The Kier molecular flexibility index (Phi) is 5.69. The van der Waals surface area contributed by atoms with Crippen LogP contribution < -0.4 is 0 Å². The molecule has 2 saturated heterocycles. The third-order valence-electron chi connectivity index (χ3n) is 6.32. The van der Waals surface area contributed by atoms with Crippen molar-refractivity contribution in [3.05, 3.63) is 35.4 Å². The molecule has 0 aliphatic carbocycles. The first-order valence-corrected chi connectivity index (χ1v) is 10.4. The van der Waals surface area contributed by atoms with Gasteiger partial charge < -0.3 is 19.6 Å². The summed E-state index contributed by atoms with van der Waals surface area (Å²) >= 11 is 0. The lowest BCUT2D eigenvalue weighted by Crippen LogP contribution is -2.52. The third kappa shape index (κ3) is 4.08. The van der Waals surface area contributed by atoms with E-state index in [0.29, 0.717) is 39.0 Å². The quantitative estimate of drug-likeness (QED) is 0.864. The minimum Gasteiger partial charge on any atom is -0.392 e. The lowest BCUT2D eigenvalue weighted by Gasteiger charge is -2.42. The van der Waals surface area contributed by atoms with Crippen LogP contribution in [0.25, 0.3) is 0 Å². The highest BCUT2D eigenvalue weighted by Crippen LogP contribution is 2.40. The molecule has 2 atom stereocenters. The standard InChI is InChI=1S/C22H30N2O4/c1-16-4-6-17(7-5-16)20-13-19(28-23-20)14-22(8-11-27-12-9-22)21(26)24-10-2-3-18(25)15-24/h4-7,18-19,25H,2-3,8-15H2,1H3. The number of nitrogens with zero attached hydrogens (tertiary/aromatic N) is 2. The molecule has 1 aromatic carbocycles. The molecule has 0 bridgehead atoms. The van der Waals surface area contributed by atoms with Crippen LogP contribution >= 0.6 is 0 Å². The van der Waals surface area contributed by atoms with E-state index >= 15 is 0 Å². The molecule has 0 radical (unpaired) electrons. The zero-order valence-electron chi connectivity index (χ0n) is 16.6. The molecule has 28 heavy (non-hydrogen) atoms. The van der Waals surface area contributed by atoms with Gasteiger partial charge in [-0.15, -0.1) is 0 Å². The van der Waals surface area contributed by atoms with Crippen molar-refractivity contribution in [2.45, 2.75) is 57.7 Å². The number of rotatable bonds is 4. The number of amides is 1. The first-order chi connectivity index (χ1) is 13.6. The number of likely N-dealkylation sites (tertiary alicyclic amines) is 1. The van der Waals surface area contributed by atoms with Crippen LogP contribution in [0, 0.1) is 12.3 Å². The van der Waals surface area contributed by atoms with Gasteiger partial charge in [0.25, 0.3) is 0 Å². The van der Waals surface area contributed by atoms with Crippen LogP contribution in [0.3, 0.4) is 0 Å². The summed E-state index contributed by atoms with van der Waals surface area (Å²) in [5, 5.41) is 14.3. The minimum atomic E-state index is -0.474.